The van der Waals surface area contributed by atoms with Gasteiger partial charge in [-0.15, -0.1) is 0 Å². The number of methoxy groups -OCH3 is 1. The highest BCUT2D eigenvalue weighted by Gasteiger charge is 2.20. The first-order valence-electron chi connectivity index (χ1n) is 10.3. The van der Waals surface area contributed by atoms with Crippen LogP contribution in [0.1, 0.15) is 0 Å². The predicted octanol–water partition coefficient (Wildman–Crippen LogP) is 1.28. The van der Waals surface area contributed by atoms with E-state index in [-0.39, 0.29) is 5.82 Å². The van der Waals surface area contributed by atoms with Crippen molar-refractivity contribution in [2.45, 2.75) is 0 Å². The van der Waals surface area contributed by atoms with E-state index in [1.807, 2.05) is 4.90 Å². The lowest BCUT2D eigenvalue weighted by atomic mass is 10.2. The number of nitrogens with one attached hydrogen (secondary N) is 1. The number of nitrogens with zero attached hydrogens (tertiary/aromatic N) is 4. The molecule has 2 fully saturated rings. The van der Waals surface area contributed by atoms with Crippen molar-refractivity contribution in [2.75, 3.05) is 83.1 Å². The summed E-state index contributed by atoms with van der Waals surface area (Å²) in [5.74, 6) is 1.70. The SMILES string of the molecule is COc1cc2nc(N3CCOCC3)nc(NC(=O)O)c2cc1OCCN1CCOCC1. The van der Waals surface area contributed by atoms with E-state index < -0.39 is 6.09 Å². The van der Waals surface area contributed by atoms with Gasteiger partial charge in [-0.1, -0.05) is 0 Å². The molecule has 4 rings (SSSR count). The number of aromatic nitrogens is 2. The zero-order valence-corrected chi connectivity index (χ0v) is 17.5. The zero-order chi connectivity index (χ0) is 21.6. The molecule has 11 heteroatoms. The highest BCUT2D eigenvalue weighted by Crippen LogP contribution is 2.35. The molecular formula is C20H27N5O6. The molecule has 0 saturated carbocycles. The Bertz CT molecular complexity index is 915. The number of hydrogen-bond acceptors (Lipinski definition) is 9. The maximum Gasteiger partial charge on any atom is 0.410 e. The molecule has 0 atom stereocenters. The first-order valence-corrected chi connectivity index (χ1v) is 10.3. The van der Waals surface area contributed by atoms with Crippen molar-refractivity contribution < 1.29 is 28.8 Å². The van der Waals surface area contributed by atoms with Crippen LogP contribution in [0.25, 0.3) is 10.9 Å². The molecule has 0 unspecified atom stereocenters. The quantitative estimate of drug-likeness (QED) is 0.661. The Morgan fingerprint density at radius 2 is 1.81 bits per heavy atom. The molecule has 2 saturated heterocycles. The number of amides is 1. The van der Waals surface area contributed by atoms with Gasteiger partial charge in [0, 0.05) is 44.2 Å². The number of carbonyl (C=O) groups is 1. The lowest BCUT2D eigenvalue weighted by molar-refractivity contribution is 0.0321. The number of morpholine rings is 2. The van der Waals surface area contributed by atoms with Gasteiger partial charge in [-0.25, -0.2) is 9.78 Å². The fourth-order valence-electron chi connectivity index (χ4n) is 3.61. The van der Waals surface area contributed by atoms with E-state index in [0.29, 0.717) is 61.3 Å². The molecule has 0 bridgehead atoms. The maximum absolute atomic E-state index is 11.4. The van der Waals surface area contributed by atoms with Gasteiger partial charge in [0.25, 0.3) is 0 Å². The minimum atomic E-state index is -1.20. The van der Waals surface area contributed by atoms with Crippen LogP contribution in [0.4, 0.5) is 16.6 Å². The van der Waals surface area contributed by atoms with Crippen LogP contribution in [0, 0.1) is 0 Å². The molecule has 3 heterocycles. The second kappa shape index (κ2) is 9.94. The molecule has 31 heavy (non-hydrogen) atoms. The summed E-state index contributed by atoms with van der Waals surface area (Å²) in [4.78, 5) is 24.7. The van der Waals surface area contributed by atoms with Crippen LogP contribution in [0.15, 0.2) is 12.1 Å². The summed E-state index contributed by atoms with van der Waals surface area (Å²) < 4.78 is 22.2. The second-order valence-corrected chi connectivity index (χ2v) is 7.22. The number of ether oxygens (including phenoxy) is 4. The summed E-state index contributed by atoms with van der Waals surface area (Å²) in [5.41, 5.74) is 0.567. The van der Waals surface area contributed by atoms with Gasteiger partial charge in [-0.2, -0.15) is 4.98 Å². The van der Waals surface area contributed by atoms with Gasteiger partial charge in [0.1, 0.15) is 12.4 Å². The van der Waals surface area contributed by atoms with Crippen molar-refractivity contribution in [2.24, 2.45) is 0 Å². The lowest BCUT2D eigenvalue weighted by Gasteiger charge is -2.27. The number of carboxylic acid groups (broad SMARTS) is 1. The van der Waals surface area contributed by atoms with Gasteiger partial charge in [-0.3, -0.25) is 10.2 Å². The van der Waals surface area contributed by atoms with E-state index in [1.54, 1.807) is 19.2 Å². The molecule has 1 amide bonds. The van der Waals surface area contributed by atoms with Crippen molar-refractivity contribution >= 4 is 28.8 Å². The third-order valence-corrected chi connectivity index (χ3v) is 5.26. The van der Waals surface area contributed by atoms with Crippen LogP contribution in [0.3, 0.4) is 0 Å². The summed E-state index contributed by atoms with van der Waals surface area (Å²) in [7, 11) is 1.57. The topological polar surface area (TPSA) is 119 Å². The highest BCUT2D eigenvalue weighted by atomic mass is 16.5. The van der Waals surface area contributed by atoms with Crippen LogP contribution in [-0.4, -0.2) is 98.9 Å². The van der Waals surface area contributed by atoms with Gasteiger partial charge < -0.3 is 29.0 Å². The molecule has 11 nitrogen and oxygen atoms in total. The number of hydrogen-bond donors (Lipinski definition) is 2. The molecule has 0 spiro atoms. The molecular weight excluding hydrogens is 406 g/mol. The molecule has 2 aliphatic rings. The average Bonchev–Trinajstić information content (AvgIpc) is 2.79. The fraction of sp³-hybridized carbons (Fsp3) is 0.550. The normalized spacial score (nSPS) is 17.5. The van der Waals surface area contributed by atoms with Gasteiger partial charge in [0.2, 0.25) is 5.95 Å². The van der Waals surface area contributed by atoms with Crippen LogP contribution in [-0.2, 0) is 9.47 Å². The van der Waals surface area contributed by atoms with E-state index in [0.717, 1.165) is 32.8 Å². The number of anilines is 2. The zero-order valence-electron chi connectivity index (χ0n) is 17.5. The number of rotatable bonds is 7. The second-order valence-electron chi connectivity index (χ2n) is 7.22. The average molecular weight is 433 g/mol. The molecule has 1 aromatic carbocycles. The van der Waals surface area contributed by atoms with Crippen molar-refractivity contribution in [3.8, 4) is 11.5 Å². The predicted molar refractivity (Wildman–Crippen MR) is 114 cm³/mol. The molecule has 2 aromatic rings. The van der Waals surface area contributed by atoms with Crippen molar-refractivity contribution in [3.63, 3.8) is 0 Å². The van der Waals surface area contributed by atoms with E-state index in [2.05, 4.69) is 20.2 Å². The largest absolute Gasteiger partial charge is 0.493 e. The van der Waals surface area contributed by atoms with Gasteiger partial charge in [0.15, 0.2) is 11.5 Å². The van der Waals surface area contributed by atoms with Crippen molar-refractivity contribution in [1.82, 2.24) is 14.9 Å². The first kappa shape index (κ1) is 21.3. The van der Waals surface area contributed by atoms with E-state index in [9.17, 15) is 9.90 Å². The molecule has 1 aromatic heterocycles. The molecule has 0 aliphatic carbocycles. The summed E-state index contributed by atoms with van der Waals surface area (Å²) >= 11 is 0. The maximum atomic E-state index is 11.4. The van der Waals surface area contributed by atoms with Gasteiger partial charge in [-0.05, 0) is 6.07 Å². The third-order valence-electron chi connectivity index (χ3n) is 5.26. The van der Waals surface area contributed by atoms with Crippen molar-refractivity contribution in [1.29, 1.82) is 0 Å². The highest BCUT2D eigenvalue weighted by molar-refractivity contribution is 5.98. The van der Waals surface area contributed by atoms with Gasteiger partial charge in [0.05, 0.1) is 39.1 Å². The van der Waals surface area contributed by atoms with Gasteiger partial charge >= 0.3 is 6.09 Å². The smallest absolute Gasteiger partial charge is 0.410 e. The van der Waals surface area contributed by atoms with E-state index in [1.165, 1.54) is 0 Å². The minimum absolute atomic E-state index is 0.208. The molecule has 0 radical (unpaired) electrons. The fourth-order valence-corrected chi connectivity index (χ4v) is 3.61. The summed E-state index contributed by atoms with van der Waals surface area (Å²) in [5, 5.41) is 12.2. The Morgan fingerprint density at radius 1 is 1.10 bits per heavy atom. The molecule has 2 aliphatic heterocycles. The Hall–Kier alpha value is -2.89. The molecule has 2 N–H and O–H groups in total. The Labute approximate surface area is 179 Å². The third kappa shape index (κ3) is 5.24. The monoisotopic (exact) mass is 433 g/mol. The van der Waals surface area contributed by atoms with Crippen LogP contribution >= 0.6 is 0 Å². The Morgan fingerprint density at radius 3 is 2.48 bits per heavy atom. The molecule has 168 valence electrons. The number of benzene rings is 1. The Balaban J connectivity index is 1.61. The lowest BCUT2D eigenvalue weighted by Crippen LogP contribution is -2.38. The Kier molecular flexibility index (Phi) is 6.85. The van der Waals surface area contributed by atoms with Crippen molar-refractivity contribution in [3.05, 3.63) is 12.1 Å². The van der Waals surface area contributed by atoms with E-state index in [4.69, 9.17) is 18.9 Å². The van der Waals surface area contributed by atoms with Crippen LogP contribution < -0.4 is 19.7 Å². The summed E-state index contributed by atoms with van der Waals surface area (Å²) in [6, 6.07) is 3.47. The van der Waals surface area contributed by atoms with Crippen LogP contribution in [0.5, 0.6) is 11.5 Å². The first-order chi connectivity index (χ1) is 15.1. The number of fused-ring (bicyclic) bond motifs is 1. The van der Waals surface area contributed by atoms with Crippen LogP contribution in [0.2, 0.25) is 0 Å². The minimum Gasteiger partial charge on any atom is -0.493 e. The standard InChI is InChI=1S/C20H27N5O6/c1-28-16-13-15-14(12-17(16)31-11-4-24-2-7-29-8-3-24)18(23-20(26)27)22-19(21-15)25-5-9-30-10-6-25/h12-13H,2-11H2,1H3,(H,26,27)(H,21,22,23). The van der Waals surface area contributed by atoms with E-state index >= 15 is 0 Å². The summed E-state index contributed by atoms with van der Waals surface area (Å²) in [6.45, 7) is 6.86. The summed E-state index contributed by atoms with van der Waals surface area (Å²) in [6.07, 6.45) is -1.20.